The van der Waals surface area contributed by atoms with Crippen LogP contribution in [0.2, 0.25) is 0 Å². The topological polar surface area (TPSA) is 40.5 Å². The fourth-order valence-corrected chi connectivity index (χ4v) is 4.26. The minimum absolute atomic E-state index is 0.249. The van der Waals surface area contributed by atoms with Gasteiger partial charge in [-0.15, -0.1) is 0 Å². The monoisotopic (exact) mass is 273 g/mol. The molecular weight excluding hydrogens is 250 g/mol. The summed E-state index contributed by atoms with van der Waals surface area (Å²) in [5.74, 6) is 0.700. The van der Waals surface area contributed by atoms with E-state index in [1.165, 1.54) is 24.0 Å². The number of aliphatic carboxylic acids is 1. The van der Waals surface area contributed by atoms with Crippen LogP contribution in [0.15, 0.2) is 24.3 Å². The Morgan fingerprint density at radius 1 is 1.20 bits per heavy atom. The van der Waals surface area contributed by atoms with E-state index in [0.29, 0.717) is 24.4 Å². The highest BCUT2D eigenvalue weighted by molar-refractivity contribution is 5.66. The van der Waals surface area contributed by atoms with E-state index in [4.69, 9.17) is 5.11 Å². The molecule has 2 bridgehead atoms. The molecule has 20 heavy (non-hydrogen) atoms. The van der Waals surface area contributed by atoms with Crippen molar-refractivity contribution >= 4 is 5.97 Å². The summed E-state index contributed by atoms with van der Waals surface area (Å²) in [6.07, 6.45) is 5.16. The van der Waals surface area contributed by atoms with Crippen molar-refractivity contribution in [1.82, 2.24) is 4.90 Å². The van der Waals surface area contributed by atoms with Gasteiger partial charge in [0.05, 0.1) is 6.42 Å². The summed E-state index contributed by atoms with van der Waals surface area (Å²) < 4.78 is 0. The zero-order chi connectivity index (χ0) is 14.1. The van der Waals surface area contributed by atoms with Crippen LogP contribution in [0.25, 0.3) is 0 Å². The number of carboxylic acid groups (broad SMARTS) is 1. The molecule has 1 fully saturated rings. The molecule has 0 aromatic heterocycles. The smallest absolute Gasteiger partial charge is 0.304 e. The van der Waals surface area contributed by atoms with Crippen LogP contribution in [0.5, 0.6) is 0 Å². The van der Waals surface area contributed by atoms with Crippen molar-refractivity contribution in [2.45, 2.75) is 38.1 Å². The molecule has 1 N–H and O–H groups in total. The van der Waals surface area contributed by atoms with E-state index in [0.717, 1.165) is 12.8 Å². The van der Waals surface area contributed by atoms with E-state index in [9.17, 15) is 4.79 Å². The first-order valence-electron chi connectivity index (χ1n) is 7.64. The zero-order valence-corrected chi connectivity index (χ0v) is 12.1. The highest BCUT2D eigenvalue weighted by Crippen LogP contribution is 2.42. The molecule has 1 saturated carbocycles. The Morgan fingerprint density at radius 2 is 1.75 bits per heavy atom. The number of fused-ring (bicyclic) bond motifs is 3. The molecule has 108 valence electrons. The molecule has 0 saturated heterocycles. The van der Waals surface area contributed by atoms with Gasteiger partial charge in [-0.3, -0.25) is 4.79 Å². The van der Waals surface area contributed by atoms with E-state index in [1.54, 1.807) is 0 Å². The average molecular weight is 273 g/mol. The molecule has 0 radical (unpaired) electrons. The summed E-state index contributed by atoms with van der Waals surface area (Å²) in [6.45, 7) is 0.670. The largest absolute Gasteiger partial charge is 0.481 e. The average Bonchev–Trinajstić information content (AvgIpc) is 2.71. The Labute approximate surface area is 120 Å². The zero-order valence-electron chi connectivity index (χ0n) is 12.1. The molecule has 3 nitrogen and oxygen atoms in total. The van der Waals surface area contributed by atoms with Gasteiger partial charge < -0.3 is 10.0 Å². The predicted molar refractivity (Wildman–Crippen MR) is 78.7 cm³/mol. The highest BCUT2D eigenvalue weighted by atomic mass is 16.4. The Balaban J connectivity index is 1.77. The van der Waals surface area contributed by atoms with Crippen molar-refractivity contribution in [1.29, 1.82) is 0 Å². The maximum Gasteiger partial charge on any atom is 0.304 e. The fourth-order valence-electron chi connectivity index (χ4n) is 4.26. The second-order valence-corrected chi connectivity index (χ2v) is 6.39. The lowest BCUT2D eigenvalue weighted by Crippen LogP contribution is -2.40. The van der Waals surface area contributed by atoms with Gasteiger partial charge in [0.25, 0.3) is 0 Å². The molecule has 3 rings (SSSR count). The maximum absolute atomic E-state index is 10.8. The SMILES string of the molecule is CN(CCC(=O)O)C1C2CCC1Cc1ccccc1C2. The van der Waals surface area contributed by atoms with E-state index in [1.807, 2.05) is 0 Å². The first kappa shape index (κ1) is 13.6. The lowest BCUT2D eigenvalue weighted by Gasteiger charge is -2.32. The Kier molecular flexibility index (Phi) is 3.79. The number of benzene rings is 1. The van der Waals surface area contributed by atoms with E-state index in [-0.39, 0.29) is 6.42 Å². The summed E-state index contributed by atoms with van der Waals surface area (Å²) in [6, 6.07) is 9.37. The van der Waals surface area contributed by atoms with Crippen molar-refractivity contribution in [3.63, 3.8) is 0 Å². The maximum atomic E-state index is 10.8. The van der Waals surface area contributed by atoms with Crippen LogP contribution >= 0.6 is 0 Å². The number of nitrogens with zero attached hydrogens (tertiary/aromatic N) is 1. The molecule has 2 unspecified atom stereocenters. The first-order valence-corrected chi connectivity index (χ1v) is 7.64. The Bertz CT molecular complexity index is 467. The standard InChI is InChI=1S/C17H23NO2/c1-18(9-8-16(19)20)17-14-6-7-15(17)11-13-5-3-2-4-12(13)10-14/h2-5,14-15,17H,6-11H2,1H3,(H,19,20). The predicted octanol–water partition coefficient (Wildman–Crippen LogP) is 2.59. The minimum Gasteiger partial charge on any atom is -0.481 e. The van der Waals surface area contributed by atoms with Crippen LogP contribution < -0.4 is 0 Å². The van der Waals surface area contributed by atoms with E-state index in [2.05, 4.69) is 36.2 Å². The Morgan fingerprint density at radius 3 is 2.25 bits per heavy atom. The minimum atomic E-state index is -0.693. The third-order valence-electron chi connectivity index (χ3n) is 5.14. The second-order valence-electron chi connectivity index (χ2n) is 6.39. The van der Waals surface area contributed by atoms with Crippen molar-refractivity contribution in [3.05, 3.63) is 35.4 Å². The van der Waals surface area contributed by atoms with Crippen LogP contribution in [0.3, 0.4) is 0 Å². The van der Waals surface area contributed by atoms with Gasteiger partial charge in [-0.2, -0.15) is 0 Å². The summed E-state index contributed by atoms with van der Waals surface area (Å²) in [7, 11) is 2.11. The molecule has 0 aliphatic heterocycles. The van der Waals surface area contributed by atoms with Gasteiger partial charge in [0.1, 0.15) is 0 Å². The van der Waals surface area contributed by atoms with Crippen molar-refractivity contribution in [2.24, 2.45) is 11.8 Å². The molecule has 2 aliphatic carbocycles. The van der Waals surface area contributed by atoms with Gasteiger partial charge in [-0.25, -0.2) is 0 Å². The van der Waals surface area contributed by atoms with Crippen LogP contribution in [0, 0.1) is 11.8 Å². The number of carbonyl (C=O) groups is 1. The molecule has 0 amide bonds. The van der Waals surface area contributed by atoms with Crippen molar-refractivity contribution < 1.29 is 9.90 Å². The molecule has 0 spiro atoms. The fraction of sp³-hybridized carbons (Fsp3) is 0.588. The summed E-state index contributed by atoms with van der Waals surface area (Å²) in [5, 5.41) is 8.88. The third kappa shape index (κ3) is 2.59. The van der Waals surface area contributed by atoms with E-state index >= 15 is 0 Å². The number of hydrogen-bond donors (Lipinski definition) is 1. The highest BCUT2D eigenvalue weighted by Gasteiger charge is 2.40. The molecule has 2 aliphatic rings. The van der Waals surface area contributed by atoms with Gasteiger partial charge in [-0.1, -0.05) is 24.3 Å². The van der Waals surface area contributed by atoms with Crippen LogP contribution in [-0.4, -0.2) is 35.6 Å². The summed E-state index contributed by atoms with van der Waals surface area (Å²) in [5.41, 5.74) is 3.02. The summed E-state index contributed by atoms with van der Waals surface area (Å²) >= 11 is 0. The van der Waals surface area contributed by atoms with Crippen molar-refractivity contribution in [3.8, 4) is 0 Å². The summed E-state index contributed by atoms with van der Waals surface area (Å²) in [4.78, 5) is 13.1. The molecule has 1 aromatic carbocycles. The number of rotatable bonds is 4. The molecule has 1 aromatic rings. The van der Waals surface area contributed by atoms with Gasteiger partial charge >= 0.3 is 5.97 Å². The molecule has 3 heteroatoms. The quantitative estimate of drug-likeness (QED) is 0.916. The molecule has 0 heterocycles. The van der Waals surface area contributed by atoms with Gasteiger partial charge in [0, 0.05) is 12.6 Å². The second kappa shape index (κ2) is 5.57. The molecule has 2 atom stereocenters. The van der Waals surface area contributed by atoms with Gasteiger partial charge in [0.15, 0.2) is 0 Å². The first-order chi connectivity index (χ1) is 9.65. The van der Waals surface area contributed by atoms with Crippen LogP contribution in [0.4, 0.5) is 0 Å². The Hall–Kier alpha value is -1.35. The molecular formula is C17H23NO2. The third-order valence-corrected chi connectivity index (χ3v) is 5.14. The number of hydrogen-bond acceptors (Lipinski definition) is 2. The number of carboxylic acids is 1. The van der Waals surface area contributed by atoms with Crippen LogP contribution in [0.1, 0.15) is 30.4 Å². The van der Waals surface area contributed by atoms with Crippen LogP contribution in [-0.2, 0) is 17.6 Å². The van der Waals surface area contributed by atoms with Crippen molar-refractivity contribution in [2.75, 3.05) is 13.6 Å². The van der Waals surface area contributed by atoms with E-state index < -0.39 is 5.97 Å². The van der Waals surface area contributed by atoms with Gasteiger partial charge in [-0.05, 0) is 55.7 Å². The lowest BCUT2D eigenvalue weighted by molar-refractivity contribution is -0.137. The normalized spacial score (nSPS) is 28.2. The van der Waals surface area contributed by atoms with Gasteiger partial charge in [0.2, 0.25) is 0 Å². The lowest BCUT2D eigenvalue weighted by atomic mass is 9.94.